The first-order valence-corrected chi connectivity index (χ1v) is 10.6. The lowest BCUT2D eigenvalue weighted by Gasteiger charge is -2.25. The second kappa shape index (κ2) is 8.26. The molecular weight excluding hydrogens is 396 g/mol. The SMILES string of the molecule is Cc1ccc(C(=O)NCC(=O)Nc2ccc3nc(N4CCOCC4)sc3c2)s1. The van der Waals surface area contributed by atoms with Crippen molar-refractivity contribution in [2.24, 2.45) is 0 Å². The number of anilines is 2. The molecule has 2 aromatic heterocycles. The number of rotatable bonds is 5. The van der Waals surface area contributed by atoms with Crippen LogP contribution in [0.3, 0.4) is 0 Å². The summed E-state index contributed by atoms with van der Waals surface area (Å²) in [4.78, 5) is 32.8. The maximum atomic E-state index is 12.2. The molecule has 0 aliphatic carbocycles. The quantitative estimate of drug-likeness (QED) is 0.668. The molecule has 4 rings (SSSR count). The maximum absolute atomic E-state index is 12.2. The lowest BCUT2D eigenvalue weighted by molar-refractivity contribution is -0.115. The molecule has 1 saturated heterocycles. The van der Waals surface area contributed by atoms with E-state index < -0.39 is 0 Å². The van der Waals surface area contributed by atoms with Crippen molar-refractivity contribution in [3.63, 3.8) is 0 Å². The Morgan fingerprint density at radius 1 is 1.18 bits per heavy atom. The van der Waals surface area contributed by atoms with Gasteiger partial charge in [0.25, 0.3) is 5.91 Å². The minimum Gasteiger partial charge on any atom is -0.378 e. The van der Waals surface area contributed by atoms with E-state index in [4.69, 9.17) is 4.74 Å². The van der Waals surface area contributed by atoms with Gasteiger partial charge in [-0.1, -0.05) is 11.3 Å². The van der Waals surface area contributed by atoms with Gasteiger partial charge in [0, 0.05) is 23.7 Å². The molecule has 0 bridgehead atoms. The number of amides is 2. The number of hydrogen-bond donors (Lipinski definition) is 2. The summed E-state index contributed by atoms with van der Waals surface area (Å²) in [5.41, 5.74) is 1.60. The van der Waals surface area contributed by atoms with E-state index in [1.807, 2.05) is 31.2 Å². The average molecular weight is 417 g/mol. The van der Waals surface area contributed by atoms with E-state index in [0.29, 0.717) is 23.8 Å². The van der Waals surface area contributed by atoms with Crippen LogP contribution >= 0.6 is 22.7 Å². The Kier molecular flexibility index (Phi) is 5.56. The zero-order valence-electron chi connectivity index (χ0n) is 15.4. The fraction of sp³-hybridized carbons (Fsp3) is 0.316. The summed E-state index contributed by atoms with van der Waals surface area (Å²) in [7, 11) is 0. The van der Waals surface area contributed by atoms with Crippen molar-refractivity contribution in [1.29, 1.82) is 0 Å². The zero-order valence-corrected chi connectivity index (χ0v) is 17.0. The van der Waals surface area contributed by atoms with Gasteiger partial charge in [-0.2, -0.15) is 0 Å². The van der Waals surface area contributed by atoms with Gasteiger partial charge in [0.2, 0.25) is 5.91 Å². The number of fused-ring (bicyclic) bond motifs is 1. The average Bonchev–Trinajstić information content (AvgIpc) is 3.33. The molecule has 7 nitrogen and oxygen atoms in total. The van der Waals surface area contributed by atoms with Crippen LogP contribution in [0.15, 0.2) is 30.3 Å². The molecule has 1 aromatic carbocycles. The molecule has 0 spiro atoms. The number of benzene rings is 1. The van der Waals surface area contributed by atoms with Crippen molar-refractivity contribution < 1.29 is 14.3 Å². The number of aromatic nitrogens is 1. The minimum absolute atomic E-state index is 0.0739. The summed E-state index contributed by atoms with van der Waals surface area (Å²) >= 11 is 3.01. The van der Waals surface area contributed by atoms with E-state index in [2.05, 4.69) is 20.5 Å². The zero-order chi connectivity index (χ0) is 19.5. The highest BCUT2D eigenvalue weighted by Crippen LogP contribution is 2.31. The van der Waals surface area contributed by atoms with Crippen LogP contribution in [0.1, 0.15) is 14.5 Å². The Bertz CT molecular complexity index is 1010. The molecule has 0 radical (unpaired) electrons. The molecule has 0 atom stereocenters. The van der Waals surface area contributed by atoms with Crippen LogP contribution in [0.25, 0.3) is 10.2 Å². The largest absolute Gasteiger partial charge is 0.378 e. The minimum atomic E-state index is -0.265. The Hall–Kier alpha value is -2.49. The van der Waals surface area contributed by atoms with Crippen molar-refractivity contribution in [3.05, 3.63) is 40.1 Å². The number of carbonyl (C=O) groups excluding carboxylic acids is 2. The van der Waals surface area contributed by atoms with Crippen LogP contribution in [0.2, 0.25) is 0 Å². The van der Waals surface area contributed by atoms with E-state index in [1.54, 1.807) is 17.4 Å². The molecule has 0 unspecified atom stereocenters. The van der Waals surface area contributed by atoms with Gasteiger partial charge in [-0.05, 0) is 37.3 Å². The first kappa shape index (κ1) is 18.9. The predicted molar refractivity (Wildman–Crippen MR) is 113 cm³/mol. The highest BCUT2D eigenvalue weighted by Gasteiger charge is 2.16. The molecule has 146 valence electrons. The Morgan fingerprint density at radius 3 is 2.75 bits per heavy atom. The second-order valence-electron chi connectivity index (χ2n) is 6.42. The van der Waals surface area contributed by atoms with Crippen molar-refractivity contribution >= 4 is 55.5 Å². The lowest BCUT2D eigenvalue weighted by Crippen LogP contribution is -2.36. The first-order chi connectivity index (χ1) is 13.6. The van der Waals surface area contributed by atoms with Crippen LogP contribution < -0.4 is 15.5 Å². The van der Waals surface area contributed by atoms with Gasteiger partial charge in [-0.15, -0.1) is 11.3 Å². The molecule has 9 heteroatoms. The number of ether oxygens (including phenoxy) is 1. The number of morpholine rings is 1. The van der Waals surface area contributed by atoms with Crippen LogP contribution in [0.5, 0.6) is 0 Å². The summed E-state index contributed by atoms with van der Waals surface area (Å²) < 4.78 is 6.40. The molecule has 2 amide bonds. The topological polar surface area (TPSA) is 83.6 Å². The smallest absolute Gasteiger partial charge is 0.261 e. The summed E-state index contributed by atoms with van der Waals surface area (Å²) in [5, 5.41) is 6.45. The van der Waals surface area contributed by atoms with E-state index in [1.165, 1.54) is 11.3 Å². The van der Waals surface area contributed by atoms with Crippen LogP contribution in [-0.2, 0) is 9.53 Å². The molecular formula is C19H20N4O3S2. The van der Waals surface area contributed by atoms with Gasteiger partial charge in [-0.3, -0.25) is 9.59 Å². The third kappa shape index (κ3) is 4.32. The van der Waals surface area contributed by atoms with Crippen LogP contribution in [-0.4, -0.2) is 49.6 Å². The number of nitrogens with one attached hydrogen (secondary N) is 2. The van der Waals surface area contributed by atoms with Crippen molar-refractivity contribution in [2.45, 2.75) is 6.92 Å². The molecule has 1 aliphatic heterocycles. The van der Waals surface area contributed by atoms with Gasteiger partial charge < -0.3 is 20.3 Å². The number of thiazole rings is 1. The Balaban J connectivity index is 1.37. The maximum Gasteiger partial charge on any atom is 0.261 e. The van der Waals surface area contributed by atoms with Gasteiger partial charge in [-0.25, -0.2) is 4.98 Å². The highest BCUT2D eigenvalue weighted by atomic mass is 32.1. The summed E-state index contributed by atoms with van der Waals surface area (Å²) in [6.45, 7) is 4.98. The fourth-order valence-corrected chi connectivity index (χ4v) is 4.73. The fourth-order valence-electron chi connectivity index (χ4n) is 2.89. The molecule has 1 fully saturated rings. The number of thiophene rings is 1. The molecule has 3 aromatic rings. The first-order valence-electron chi connectivity index (χ1n) is 8.96. The monoisotopic (exact) mass is 416 g/mol. The standard InChI is InChI=1S/C19H20N4O3S2/c1-12-2-5-15(27-12)18(25)20-11-17(24)21-13-3-4-14-16(10-13)28-19(22-14)23-6-8-26-9-7-23/h2-5,10H,6-9,11H2,1H3,(H,20,25)(H,21,24). The number of carbonyl (C=O) groups is 2. The van der Waals surface area contributed by atoms with E-state index in [0.717, 1.165) is 33.3 Å². The van der Waals surface area contributed by atoms with Crippen LogP contribution in [0, 0.1) is 6.92 Å². The summed E-state index contributed by atoms with van der Waals surface area (Å²) in [5.74, 6) is -0.500. The number of hydrogen-bond acceptors (Lipinski definition) is 7. The van der Waals surface area contributed by atoms with E-state index in [9.17, 15) is 9.59 Å². The summed E-state index contributed by atoms with van der Waals surface area (Å²) in [6, 6.07) is 9.29. The summed E-state index contributed by atoms with van der Waals surface area (Å²) in [6.07, 6.45) is 0. The molecule has 28 heavy (non-hydrogen) atoms. The van der Waals surface area contributed by atoms with Gasteiger partial charge >= 0.3 is 0 Å². The number of nitrogens with zero attached hydrogens (tertiary/aromatic N) is 2. The normalized spacial score (nSPS) is 14.2. The highest BCUT2D eigenvalue weighted by molar-refractivity contribution is 7.22. The Labute approximate surface area is 170 Å². The molecule has 1 aliphatic rings. The predicted octanol–water partition coefficient (Wildman–Crippen LogP) is 2.87. The molecule has 3 heterocycles. The van der Waals surface area contributed by atoms with Crippen molar-refractivity contribution in [1.82, 2.24) is 10.3 Å². The van der Waals surface area contributed by atoms with Gasteiger partial charge in [0.05, 0.1) is 34.9 Å². The third-order valence-electron chi connectivity index (χ3n) is 4.32. The van der Waals surface area contributed by atoms with Gasteiger partial charge in [0.1, 0.15) is 0 Å². The molecule has 2 N–H and O–H groups in total. The Morgan fingerprint density at radius 2 is 2.00 bits per heavy atom. The number of aryl methyl sites for hydroxylation is 1. The lowest BCUT2D eigenvalue weighted by atomic mass is 10.3. The molecule has 0 saturated carbocycles. The third-order valence-corrected chi connectivity index (χ3v) is 6.39. The van der Waals surface area contributed by atoms with Gasteiger partial charge in [0.15, 0.2) is 5.13 Å². The van der Waals surface area contributed by atoms with E-state index in [-0.39, 0.29) is 18.4 Å². The second-order valence-corrected chi connectivity index (χ2v) is 8.72. The van der Waals surface area contributed by atoms with Crippen molar-refractivity contribution in [2.75, 3.05) is 43.1 Å². The van der Waals surface area contributed by atoms with Crippen LogP contribution in [0.4, 0.5) is 10.8 Å². The van der Waals surface area contributed by atoms with Crippen molar-refractivity contribution in [3.8, 4) is 0 Å². The van der Waals surface area contributed by atoms with E-state index >= 15 is 0 Å².